The minimum absolute atomic E-state index is 0.0507. The molecule has 18 heavy (non-hydrogen) atoms. The van der Waals surface area contributed by atoms with E-state index in [0.717, 1.165) is 6.42 Å². The molecule has 0 aliphatic carbocycles. The van der Waals surface area contributed by atoms with Crippen molar-refractivity contribution in [2.45, 2.75) is 12.5 Å². The highest BCUT2D eigenvalue weighted by molar-refractivity contribution is 5.93. The van der Waals surface area contributed by atoms with Gasteiger partial charge in [0.25, 0.3) is 11.6 Å². The molecular formula is C11H16N4O3. The maximum Gasteiger partial charge on any atom is 0.287 e. The van der Waals surface area contributed by atoms with Crippen LogP contribution in [0, 0.1) is 10.1 Å². The summed E-state index contributed by atoms with van der Waals surface area (Å²) in [5, 5.41) is 13.8. The molecule has 7 heteroatoms. The molecule has 1 saturated heterocycles. The number of nitrogens with zero attached hydrogens (tertiary/aromatic N) is 3. The number of aromatic nitrogens is 1. The highest BCUT2D eigenvalue weighted by atomic mass is 16.6. The maximum atomic E-state index is 12.2. The molecule has 0 saturated carbocycles. The number of likely N-dealkylation sites (tertiary alicyclic amines) is 1. The van der Waals surface area contributed by atoms with Gasteiger partial charge in [-0.2, -0.15) is 0 Å². The van der Waals surface area contributed by atoms with Gasteiger partial charge in [-0.1, -0.05) is 0 Å². The van der Waals surface area contributed by atoms with Gasteiger partial charge in [-0.3, -0.25) is 14.9 Å². The summed E-state index contributed by atoms with van der Waals surface area (Å²) in [5.74, 6) is -0.150. The molecule has 0 bridgehead atoms. The number of nitrogens with one attached hydrogen (secondary N) is 1. The molecule has 1 aliphatic rings. The number of amides is 1. The smallest absolute Gasteiger partial charge is 0.287 e. The number of hydrogen-bond donors (Lipinski definition) is 1. The number of likely N-dealkylation sites (N-methyl/N-ethyl adjacent to an activating group) is 1. The number of carbonyl (C=O) groups is 1. The zero-order chi connectivity index (χ0) is 13.3. The number of nitro groups is 1. The Morgan fingerprint density at radius 1 is 1.61 bits per heavy atom. The predicted octanol–water partition coefficient (Wildman–Crippen LogP) is 0.367. The molecule has 1 aromatic rings. The first-order valence-electron chi connectivity index (χ1n) is 5.80. The molecule has 2 heterocycles. The van der Waals surface area contributed by atoms with Gasteiger partial charge < -0.3 is 14.8 Å². The van der Waals surface area contributed by atoms with Crippen LogP contribution in [0.2, 0.25) is 0 Å². The van der Waals surface area contributed by atoms with Crippen molar-refractivity contribution in [3.05, 3.63) is 28.1 Å². The zero-order valence-corrected chi connectivity index (χ0v) is 10.4. The molecule has 1 aliphatic heterocycles. The van der Waals surface area contributed by atoms with E-state index in [1.54, 1.807) is 11.9 Å². The summed E-state index contributed by atoms with van der Waals surface area (Å²) in [5.41, 5.74) is 0.309. The van der Waals surface area contributed by atoms with E-state index in [9.17, 15) is 14.9 Å². The summed E-state index contributed by atoms with van der Waals surface area (Å²) in [6.07, 6.45) is 2.27. The van der Waals surface area contributed by atoms with E-state index in [4.69, 9.17) is 0 Å². The summed E-state index contributed by atoms with van der Waals surface area (Å²) in [7, 11) is 3.51. The van der Waals surface area contributed by atoms with Gasteiger partial charge in [0.2, 0.25) is 0 Å². The Morgan fingerprint density at radius 3 is 2.83 bits per heavy atom. The molecule has 0 radical (unpaired) electrons. The number of hydrogen-bond acceptors (Lipinski definition) is 4. The average molecular weight is 252 g/mol. The Labute approximate surface area is 105 Å². The molecule has 1 amide bonds. The van der Waals surface area contributed by atoms with Crippen molar-refractivity contribution in [3.63, 3.8) is 0 Å². The van der Waals surface area contributed by atoms with Crippen LogP contribution < -0.4 is 5.32 Å². The highest BCUT2D eigenvalue weighted by Gasteiger charge is 2.28. The fraction of sp³-hybridized carbons (Fsp3) is 0.545. The second kappa shape index (κ2) is 4.77. The first kappa shape index (κ1) is 12.6. The first-order chi connectivity index (χ1) is 8.52. The van der Waals surface area contributed by atoms with Gasteiger partial charge in [0, 0.05) is 32.2 Å². The van der Waals surface area contributed by atoms with Gasteiger partial charge >= 0.3 is 0 Å². The van der Waals surface area contributed by atoms with Crippen LogP contribution in [-0.2, 0) is 7.05 Å². The van der Waals surface area contributed by atoms with E-state index in [-0.39, 0.29) is 11.6 Å². The van der Waals surface area contributed by atoms with Crippen LogP contribution in [0.5, 0.6) is 0 Å². The van der Waals surface area contributed by atoms with Crippen LogP contribution in [0.3, 0.4) is 0 Å². The van der Waals surface area contributed by atoms with Crippen molar-refractivity contribution in [2.75, 3.05) is 20.1 Å². The lowest BCUT2D eigenvalue weighted by atomic mass is 10.3. The molecular weight excluding hydrogens is 236 g/mol. The third-order valence-electron chi connectivity index (χ3n) is 3.30. The third kappa shape index (κ3) is 2.21. The molecule has 1 N–H and O–H groups in total. The topological polar surface area (TPSA) is 80.4 Å². The van der Waals surface area contributed by atoms with Crippen molar-refractivity contribution in [1.82, 2.24) is 14.8 Å². The Balaban J connectivity index is 2.16. The monoisotopic (exact) mass is 252 g/mol. The standard InChI is InChI=1S/C11H16N4O3/c1-12-8-3-4-14(6-8)11(16)10-5-9(15(17)18)7-13(10)2/h5,7-8,12H,3-4,6H2,1-2H3. The summed E-state index contributed by atoms with van der Waals surface area (Å²) >= 11 is 0. The highest BCUT2D eigenvalue weighted by Crippen LogP contribution is 2.19. The summed E-state index contributed by atoms with van der Waals surface area (Å²) < 4.78 is 1.51. The Morgan fingerprint density at radius 2 is 2.33 bits per heavy atom. The normalized spacial score (nSPS) is 19.2. The average Bonchev–Trinajstić information content (AvgIpc) is 2.94. The molecule has 1 atom stereocenters. The molecule has 1 unspecified atom stereocenters. The number of carbonyl (C=O) groups excluding carboxylic acids is 1. The van der Waals surface area contributed by atoms with Crippen LogP contribution in [0.25, 0.3) is 0 Å². The van der Waals surface area contributed by atoms with Crippen molar-refractivity contribution in [3.8, 4) is 0 Å². The van der Waals surface area contributed by atoms with E-state index >= 15 is 0 Å². The summed E-state index contributed by atoms with van der Waals surface area (Å²) in [4.78, 5) is 24.1. The van der Waals surface area contributed by atoms with Crippen molar-refractivity contribution >= 4 is 11.6 Å². The van der Waals surface area contributed by atoms with E-state index in [1.165, 1.54) is 16.8 Å². The maximum absolute atomic E-state index is 12.2. The Bertz CT molecular complexity index is 483. The van der Waals surface area contributed by atoms with E-state index < -0.39 is 4.92 Å². The Kier molecular flexibility index (Phi) is 3.33. The van der Waals surface area contributed by atoms with Gasteiger partial charge in [-0.05, 0) is 13.5 Å². The van der Waals surface area contributed by atoms with Crippen LogP contribution in [-0.4, -0.2) is 46.5 Å². The van der Waals surface area contributed by atoms with E-state index in [1.807, 2.05) is 7.05 Å². The van der Waals surface area contributed by atoms with E-state index in [2.05, 4.69) is 5.32 Å². The van der Waals surface area contributed by atoms with Gasteiger partial charge in [0.05, 0.1) is 11.1 Å². The van der Waals surface area contributed by atoms with Crippen LogP contribution >= 0.6 is 0 Å². The van der Waals surface area contributed by atoms with Crippen LogP contribution in [0.4, 0.5) is 5.69 Å². The number of aryl methyl sites for hydroxylation is 1. The summed E-state index contributed by atoms with van der Waals surface area (Å²) in [6.45, 7) is 1.33. The molecule has 0 spiro atoms. The first-order valence-corrected chi connectivity index (χ1v) is 5.80. The fourth-order valence-electron chi connectivity index (χ4n) is 2.20. The lowest BCUT2D eigenvalue weighted by Crippen LogP contribution is -2.34. The second-order valence-corrected chi connectivity index (χ2v) is 4.48. The van der Waals surface area contributed by atoms with Crippen LogP contribution in [0.1, 0.15) is 16.9 Å². The Hall–Kier alpha value is -1.89. The van der Waals surface area contributed by atoms with Crippen molar-refractivity contribution < 1.29 is 9.72 Å². The quantitative estimate of drug-likeness (QED) is 0.622. The minimum Gasteiger partial charge on any atom is -0.340 e. The zero-order valence-electron chi connectivity index (χ0n) is 10.4. The predicted molar refractivity (Wildman–Crippen MR) is 65.4 cm³/mol. The van der Waals surface area contributed by atoms with Gasteiger partial charge in [-0.25, -0.2) is 0 Å². The minimum atomic E-state index is -0.489. The van der Waals surface area contributed by atoms with Crippen molar-refractivity contribution in [1.29, 1.82) is 0 Å². The van der Waals surface area contributed by atoms with Gasteiger partial charge in [-0.15, -0.1) is 0 Å². The fourth-order valence-corrected chi connectivity index (χ4v) is 2.20. The molecule has 98 valence electrons. The van der Waals surface area contributed by atoms with Gasteiger partial charge in [0.1, 0.15) is 5.69 Å². The van der Waals surface area contributed by atoms with Crippen LogP contribution in [0.15, 0.2) is 12.3 Å². The lowest BCUT2D eigenvalue weighted by molar-refractivity contribution is -0.384. The molecule has 0 aromatic carbocycles. The van der Waals surface area contributed by atoms with Crippen molar-refractivity contribution in [2.24, 2.45) is 7.05 Å². The third-order valence-corrected chi connectivity index (χ3v) is 3.30. The van der Waals surface area contributed by atoms with Gasteiger partial charge in [0.15, 0.2) is 0 Å². The SMILES string of the molecule is CNC1CCN(C(=O)c2cc([N+](=O)[O-])cn2C)C1. The molecule has 1 fully saturated rings. The largest absolute Gasteiger partial charge is 0.340 e. The molecule has 1 aromatic heterocycles. The second-order valence-electron chi connectivity index (χ2n) is 4.48. The molecule has 2 rings (SSSR count). The molecule has 7 nitrogen and oxygen atoms in total. The number of rotatable bonds is 3. The lowest BCUT2D eigenvalue weighted by Gasteiger charge is -2.16. The summed E-state index contributed by atoms with van der Waals surface area (Å²) in [6, 6.07) is 1.64. The van der Waals surface area contributed by atoms with E-state index in [0.29, 0.717) is 24.8 Å².